The van der Waals surface area contributed by atoms with Crippen LogP contribution in [0, 0.1) is 0 Å². The highest BCUT2D eigenvalue weighted by atomic mass is 79.9. The zero-order chi connectivity index (χ0) is 26.5. The lowest BCUT2D eigenvalue weighted by Gasteiger charge is -2.15. The third-order valence-electron chi connectivity index (χ3n) is 5.30. The first kappa shape index (κ1) is 26.1. The first-order valence-corrected chi connectivity index (χ1v) is 12.5. The molecule has 3 aromatic rings. The van der Waals surface area contributed by atoms with Gasteiger partial charge in [-0.3, -0.25) is 14.4 Å². The first-order valence-electron chi connectivity index (χ1n) is 11.3. The highest BCUT2D eigenvalue weighted by Gasteiger charge is 2.39. The molecular formula is C27H21BrClN3O5. The molecule has 1 aliphatic rings. The van der Waals surface area contributed by atoms with Crippen LogP contribution < -0.4 is 15.5 Å². The van der Waals surface area contributed by atoms with Crippen LogP contribution in [0.15, 0.2) is 88.0 Å². The fourth-order valence-corrected chi connectivity index (χ4v) is 4.00. The Morgan fingerprint density at radius 3 is 2.27 bits per heavy atom. The quantitative estimate of drug-likeness (QED) is 0.261. The van der Waals surface area contributed by atoms with Crippen molar-refractivity contribution in [2.24, 2.45) is 0 Å². The molecule has 4 rings (SSSR count). The summed E-state index contributed by atoms with van der Waals surface area (Å²) in [4.78, 5) is 51.6. The van der Waals surface area contributed by atoms with Crippen LogP contribution in [0.4, 0.5) is 17.1 Å². The molecule has 10 heteroatoms. The highest BCUT2D eigenvalue weighted by Crippen LogP contribution is 2.31. The maximum Gasteiger partial charge on any atom is 0.338 e. The Balaban J connectivity index is 1.48. The Kier molecular flexibility index (Phi) is 8.05. The predicted molar refractivity (Wildman–Crippen MR) is 145 cm³/mol. The Labute approximate surface area is 226 Å². The minimum absolute atomic E-state index is 0.0922. The molecule has 2 N–H and O–H groups in total. The molecule has 1 aliphatic heterocycles. The summed E-state index contributed by atoms with van der Waals surface area (Å²) in [6.07, 6.45) is 0.705. The van der Waals surface area contributed by atoms with E-state index in [1.807, 2.05) is 6.92 Å². The largest absolute Gasteiger partial charge is 0.462 e. The minimum atomic E-state index is -0.650. The van der Waals surface area contributed by atoms with Gasteiger partial charge < -0.3 is 15.4 Å². The molecule has 3 aromatic carbocycles. The number of benzene rings is 3. The van der Waals surface area contributed by atoms with Crippen LogP contribution in [-0.4, -0.2) is 30.3 Å². The second-order valence-corrected chi connectivity index (χ2v) is 9.28. The normalized spacial score (nSPS) is 13.1. The Morgan fingerprint density at radius 2 is 1.57 bits per heavy atom. The first-order chi connectivity index (χ1) is 17.8. The van der Waals surface area contributed by atoms with Crippen molar-refractivity contribution in [1.82, 2.24) is 0 Å². The SMILES string of the molecule is CCCOC(=O)c1cccc(NC(=O)c2cccc(NC3=C(Cl)C(=O)N(c4ccc(Br)cc4)C3=O)c2)c1. The van der Waals surface area contributed by atoms with Gasteiger partial charge in [0.2, 0.25) is 0 Å². The van der Waals surface area contributed by atoms with Crippen molar-refractivity contribution in [3.05, 3.63) is 99.1 Å². The van der Waals surface area contributed by atoms with E-state index < -0.39 is 23.7 Å². The number of ether oxygens (including phenoxy) is 1. The van der Waals surface area contributed by atoms with E-state index in [1.165, 1.54) is 12.1 Å². The highest BCUT2D eigenvalue weighted by molar-refractivity contribution is 9.10. The topological polar surface area (TPSA) is 105 Å². The van der Waals surface area contributed by atoms with Crippen molar-refractivity contribution in [2.75, 3.05) is 22.1 Å². The Bertz CT molecular complexity index is 1420. The van der Waals surface area contributed by atoms with Gasteiger partial charge >= 0.3 is 5.97 Å². The van der Waals surface area contributed by atoms with Crippen LogP contribution in [0.5, 0.6) is 0 Å². The van der Waals surface area contributed by atoms with Gasteiger partial charge in [-0.15, -0.1) is 0 Å². The van der Waals surface area contributed by atoms with Crippen molar-refractivity contribution in [1.29, 1.82) is 0 Å². The second-order valence-electron chi connectivity index (χ2n) is 7.99. The molecule has 0 saturated carbocycles. The molecule has 0 bridgehead atoms. The Morgan fingerprint density at radius 1 is 0.919 bits per heavy atom. The van der Waals surface area contributed by atoms with Gasteiger partial charge in [0, 0.05) is 21.4 Å². The molecule has 0 unspecified atom stereocenters. The van der Waals surface area contributed by atoms with Crippen molar-refractivity contribution in [3.63, 3.8) is 0 Å². The standard InChI is InChI=1S/C27H21BrClN3O5/c1-2-13-37-27(36)17-6-4-8-20(15-17)31-24(33)16-5-3-7-19(14-16)30-23-22(29)25(34)32(26(23)35)21-11-9-18(28)10-12-21/h3-12,14-15,30H,2,13H2,1H3,(H,31,33). The van der Waals surface area contributed by atoms with Gasteiger partial charge in [0.25, 0.3) is 17.7 Å². The number of amides is 3. The summed E-state index contributed by atoms with van der Waals surface area (Å²) < 4.78 is 5.93. The molecule has 37 heavy (non-hydrogen) atoms. The molecule has 188 valence electrons. The number of halogens is 2. The van der Waals surface area contributed by atoms with Crippen LogP contribution in [-0.2, 0) is 14.3 Å². The maximum absolute atomic E-state index is 13.0. The predicted octanol–water partition coefficient (Wildman–Crippen LogP) is 5.70. The lowest BCUT2D eigenvalue weighted by Crippen LogP contribution is -2.32. The molecule has 0 spiro atoms. The van der Waals surface area contributed by atoms with E-state index in [4.69, 9.17) is 16.3 Å². The number of hydrogen-bond donors (Lipinski definition) is 2. The van der Waals surface area contributed by atoms with Crippen LogP contribution in [0.2, 0.25) is 0 Å². The van der Waals surface area contributed by atoms with E-state index in [-0.39, 0.29) is 16.3 Å². The minimum Gasteiger partial charge on any atom is -0.462 e. The summed E-state index contributed by atoms with van der Waals surface area (Å²) in [5.74, 6) is -2.17. The summed E-state index contributed by atoms with van der Waals surface area (Å²) in [5.41, 5.74) is 1.69. The third kappa shape index (κ3) is 5.90. The van der Waals surface area contributed by atoms with Crippen LogP contribution in [0.1, 0.15) is 34.1 Å². The number of esters is 1. The molecule has 8 nitrogen and oxygen atoms in total. The van der Waals surface area contributed by atoms with Crippen molar-refractivity contribution < 1.29 is 23.9 Å². The average molecular weight is 583 g/mol. The smallest absolute Gasteiger partial charge is 0.338 e. The molecule has 0 atom stereocenters. The number of imide groups is 1. The van der Waals surface area contributed by atoms with E-state index in [0.29, 0.717) is 35.7 Å². The zero-order valence-corrected chi connectivity index (χ0v) is 21.9. The zero-order valence-electron chi connectivity index (χ0n) is 19.6. The number of carbonyl (C=O) groups is 4. The van der Waals surface area contributed by atoms with Gasteiger partial charge in [-0.05, 0) is 67.1 Å². The van der Waals surface area contributed by atoms with Gasteiger partial charge in [0.05, 0.1) is 17.9 Å². The van der Waals surface area contributed by atoms with Gasteiger partial charge in [-0.2, -0.15) is 0 Å². The van der Waals surface area contributed by atoms with E-state index in [9.17, 15) is 19.2 Å². The summed E-state index contributed by atoms with van der Waals surface area (Å²) >= 11 is 9.53. The number of anilines is 3. The lowest BCUT2D eigenvalue weighted by atomic mass is 10.1. The van der Waals surface area contributed by atoms with Gasteiger partial charge in [0.15, 0.2) is 0 Å². The van der Waals surface area contributed by atoms with Crippen LogP contribution in [0.25, 0.3) is 0 Å². The molecule has 1 heterocycles. The van der Waals surface area contributed by atoms with E-state index in [2.05, 4.69) is 26.6 Å². The summed E-state index contributed by atoms with van der Waals surface area (Å²) in [7, 11) is 0. The summed E-state index contributed by atoms with van der Waals surface area (Å²) in [5, 5.41) is 5.36. The molecule has 0 aliphatic carbocycles. The second kappa shape index (κ2) is 11.4. The van der Waals surface area contributed by atoms with Crippen LogP contribution >= 0.6 is 27.5 Å². The van der Waals surface area contributed by atoms with Crippen molar-refractivity contribution >= 4 is 68.3 Å². The molecule has 3 amide bonds. The maximum atomic E-state index is 13.0. The third-order valence-corrected chi connectivity index (χ3v) is 6.18. The lowest BCUT2D eigenvalue weighted by molar-refractivity contribution is -0.120. The molecular weight excluding hydrogens is 562 g/mol. The van der Waals surface area contributed by atoms with Gasteiger partial charge in [-0.1, -0.05) is 46.6 Å². The average Bonchev–Trinajstić information content (AvgIpc) is 3.11. The fraction of sp³-hybridized carbons (Fsp3) is 0.111. The van der Waals surface area contributed by atoms with E-state index in [0.717, 1.165) is 9.37 Å². The Hall–Kier alpha value is -3.95. The van der Waals surface area contributed by atoms with Crippen molar-refractivity contribution in [3.8, 4) is 0 Å². The summed E-state index contributed by atoms with van der Waals surface area (Å²) in [6.45, 7) is 2.21. The molecule has 0 saturated heterocycles. The summed E-state index contributed by atoms with van der Waals surface area (Å²) in [6, 6.07) is 19.5. The number of rotatable bonds is 8. The number of nitrogens with zero attached hydrogens (tertiary/aromatic N) is 1. The van der Waals surface area contributed by atoms with Gasteiger partial charge in [0.1, 0.15) is 10.7 Å². The van der Waals surface area contributed by atoms with E-state index >= 15 is 0 Å². The monoisotopic (exact) mass is 581 g/mol. The number of carbonyl (C=O) groups excluding carboxylic acids is 4. The number of nitrogens with one attached hydrogen (secondary N) is 2. The fourth-order valence-electron chi connectivity index (χ4n) is 3.52. The molecule has 0 radical (unpaired) electrons. The molecule has 0 fully saturated rings. The van der Waals surface area contributed by atoms with Crippen molar-refractivity contribution in [2.45, 2.75) is 13.3 Å². The molecule has 0 aromatic heterocycles. The van der Waals surface area contributed by atoms with Crippen LogP contribution in [0.3, 0.4) is 0 Å². The number of hydrogen-bond acceptors (Lipinski definition) is 6. The van der Waals surface area contributed by atoms with Gasteiger partial charge in [-0.25, -0.2) is 9.69 Å². The van der Waals surface area contributed by atoms with E-state index in [1.54, 1.807) is 60.7 Å².